The van der Waals surface area contributed by atoms with Gasteiger partial charge in [-0.15, -0.1) is 0 Å². The molecule has 0 bridgehead atoms. The minimum absolute atomic E-state index is 0.0813. The summed E-state index contributed by atoms with van der Waals surface area (Å²) in [7, 11) is 1.77. The molecule has 4 aliphatic heterocycles. The summed E-state index contributed by atoms with van der Waals surface area (Å²) in [5.74, 6) is -1.84. The molecular formula is C41H40F2N8O4. The lowest BCUT2D eigenvalue weighted by Gasteiger charge is -2.38. The molecule has 14 heteroatoms. The van der Waals surface area contributed by atoms with Crippen LogP contribution >= 0.6 is 0 Å². The summed E-state index contributed by atoms with van der Waals surface area (Å²) < 4.78 is 33.0. The summed E-state index contributed by atoms with van der Waals surface area (Å²) in [6.45, 7) is 6.07. The number of pyridine rings is 2. The number of carbonyl (C=O) groups excluding carboxylic acids is 4. The zero-order valence-corrected chi connectivity index (χ0v) is 30.4. The van der Waals surface area contributed by atoms with Crippen molar-refractivity contribution in [3.8, 4) is 11.1 Å². The summed E-state index contributed by atoms with van der Waals surface area (Å²) in [4.78, 5) is 67.1. The normalized spacial score (nSPS) is 19.9. The van der Waals surface area contributed by atoms with Crippen LogP contribution in [0.4, 0.5) is 20.3 Å². The fraction of sp³-hybridized carbons (Fsp3) is 0.366. The molecule has 7 heterocycles. The first-order chi connectivity index (χ1) is 26.7. The van der Waals surface area contributed by atoms with E-state index >= 15 is 8.78 Å². The number of rotatable bonds is 7. The molecule has 282 valence electrons. The van der Waals surface area contributed by atoms with Crippen LogP contribution in [0.1, 0.15) is 52.8 Å². The van der Waals surface area contributed by atoms with Gasteiger partial charge in [0.25, 0.3) is 11.8 Å². The van der Waals surface area contributed by atoms with Crippen LogP contribution in [-0.4, -0.2) is 99.8 Å². The van der Waals surface area contributed by atoms with Gasteiger partial charge in [-0.25, -0.2) is 13.8 Å². The number of amides is 4. The number of anilines is 2. The Labute approximate surface area is 315 Å². The summed E-state index contributed by atoms with van der Waals surface area (Å²) in [6, 6.07) is 11.1. The number of fused-ring (bicyclic) bond motifs is 4. The van der Waals surface area contributed by atoms with E-state index in [0.717, 1.165) is 87.0 Å². The molecule has 12 nitrogen and oxygen atoms in total. The standard InChI is InChI=1S/C41H40F2N8O4/c1-47-32-8-12-44-23-30(32)28-21-31(42)36(37(43)38(28)47)25-2-6-34(45-22-25)50-14-10-24(11-15-50)9-13-48-16-18-49(19-17-48)26-3-4-27-29(20-26)41(55)51(40(27)54)33-5-7-35(52)46-39(33)53/h2-4,6,8,12,20-24,33H,5,7,9-11,13-19H2,1H3,(H,46,52,53). The maximum Gasteiger partial charge on any atom is 0.262 e. The fourth-order valence-electron chi connectivity index (χ4n) is 8.84. The Kier molecular flexibility index (Phi) is 8.79. The molecule has 4 amide bonds. The molecule has 0 saturated carbocycles. The monoisotopic (exact) mass is 746 g/mol. The molecule has 0 spiro atoms. The number of piperidine rings is 2. The second-order valence-electron chi connectivity index (χ2n) is 15.0. The van der Waals surface area contributed by atoms with Crippen LogP contribution in [0.2, 0.25) is 0 Å². The number of carbonyl (C=O) groups is 4. The Hall–Kier alpha value is -5.76. The quantitative estimate of drug-likeness (QED) is 0.232. The van der Waals surface area contributed by atoms with E-state index in [4.69, 9.17) is 0 Å². The maximum atomic E-state index is 15.9. The molecule has 3 aromatic heterocycles. The van der Waals surface area contributed by atoms with Crippen molar-refractivity contribution >= 4 is 56.9 Å². The van der Waals surface area contributed by atoms with E-state index in [9.17, 15) is 19.2 Å². The van der Waals surface area contributed by atoms with Crippen molar-refractivity contribution in [1.29, 1.82) is 0 Å². The summed E-state index contributed by atoms with van der Waals surface area (Å²) in [5, 5.41) is 3.44. The number of piperazine rings is 1. The van der Waals surface area contributed by atoms with E-state index in [0.29, 0.717) is 33.3 Å². The zero-order valence-electron chi connectivity index (χ0n) is 30.4. The van der Waals surface area contributed by atoms with Crippen molar-refractivity contribution in [1.82, 2.24) is 29.7 Å². The highest BCUT2D eigenvalue weighted by atomic mass is 19.1. The molecule has 1 atom stereocenters. The maximum absolute atomic E-state index is 15.9. The van der Waals surface area contributed by atoms with Gasteiger partial charge in [-0.2, -0.15) is 0 Å². The molecule has 2 aromatic carbocycles. The molecule has 1 unspecified atom stereocenters. The molecule has 9 rings (SSSR count). The number of aromatic nitrogens is 3. The molecule has 0 aliphatic carbocycles. The van der Waals surface area contributed by atoms with Crippen molar-refractivity contribution in [3.05, 3.63) is 83.8 Å². The molecule has 5 aromatic rings. The van der Waals surface area contributed by atoms with Gasteiger partial charge in [0.2, 0.25) is 11.8 Å². The number of benzene rings is 2. The van der Waals surface area contributed by atoms with E-state index in [1.165, 1.54) is 6.07 Å². The SMILES string of the molecule is Cn1c2ccncc2c2cc(F)c(-c3ccc(N4CCC(CCN5CCN(c6ccc7c(c6)C(=O)N(C6CCC(=O)NC6=O)C7=O)CC5)CC4)nc3)c(F)c21. The second kappa shape index (κ2) is 13.8. The molecule has 1 N–H and O–H groups in total. The van der Waals surface area contributed by atoms with Crippen LogP contribution < -0.4 is 15.1 Å². The Morgan fingerprint density at radius 1 is 0.818 bits per heavy atom. The van der Waals surface area contributed by atoms with Gasteiger partial charge in [0.15, 0.2) is 5.82 Å². The minimum atomic E-state index is -0.978. The number of hydrogen-bond acceptors (Lipinski definition) is 9. The minimum Gasteiger partial charge on any atom is -0.369 e. The average Bonchev–Trinajstić information content (AvgIpc) is 3.62. The van der Waals surface area contributed by atoms with Gasteiger partial charge in [0.1, 0.15) is 17.7 Å². The highest BCUT2D eigenvalue weighted by molar-refractivity contribution is 6.23. The fourth-order valence-corrected chi connectivity index (χ4v) is 8.84. The Balaban J connectivity index is 0.767. The van der Waals surface area contributed by atoms with Gasteiger partial charge in [0, 0.05) is 93.4 Å². The van der Waals surface area contributed by atoms with Crippen molar-refractivity contribution in [2.75, 3.05) is 55.6 Å². The number of nitrogens with one attached hydrogen (secondary N) is 1. The van der Waals surface area contributed by atoms with Crippen molar-refractivity contribution < 1.29 is 28.0 Å². The van der Waals surface area contributed by atoms with Crippen LogP contribution in [0.15, 0.2) is 61.1 Å². The molecule has 4 aliphatic rings. The number of halogens is 2. The topological polar surface area (TPSA) is 124 Å². The van der Waals surface area contributed by atoms with Gasteiger partial charge in [-0.1, -0.05) is 0 Å². The third-order valence-electron chi connectivity index (χ3n) is 12.0. The smallest absolute Gasteiger partial charge is 0.262 e. The number of aryl methyl sites for hydroxylation is 1. The third-order valence-corrected chi connectivity index (χ3v) is 12.0. The lowest BCUT2D eigenvalue weighted by molar-refractivity contribution is -0.136. The zero-order chi connectivity index (χ0) is 38.0. The number of hydrogen-bond donors (Lipinski definition) is 1. The van der Waals surface area contributed by atoms with Gasteiger partial charge < -0.3 is 14.4 Å². The molecular weight excluding hydrogens is 706 g/mol. The Bertz CT molecular complexity index is 2380. The molecule has 55 heavy (non-hydrogen) atoms. The van der Waals surface area contributed by atoms with Gasteiger partial charge >= 0.3 is 0 Å². The van der Waals surface area contributed by atoms with Gasteiger partial charge in [-0.3, -0.25) is 39.3 Å². The van der Waals surface area contributed by atoms with E-state index in [-0.39, 0.29) is 24.0 Å². The molecule has 3 saturated heterocycles. The Morgan fingerprint density at radius 2 is 1.60 bits per heavy atom. The number of imide groups is 2. The highest BCUT2D eigenvalue weighted by Crippen LogP contribution is 2.37. The van der Waals surface area contributed by atoms with Gasteiger partial charge in [0.05, 0.1) is 27.7 Å². The van der Waals surface area contributed by atoms with E-state index in [1.54, 1.807) is 54.5 Å². The number of nitrogens with zero attached hydrogens (tertiary/aromatic N) is 7. The third kappa shape index (κ3) is 6.08. The first-order valence-corrected chi connectivity index (χ1v) is 18.9. The van der Waals surface area contributed by atoms with Crippen LogP contribution in [0.25, 0.3) is 32.9 Å². The van der Waals surface area contributed by atoms with Crippen molar-refractivity contribution in [2.45, 2.75) is 38.1 Å². The van der Waals surface area contributed by atoms with Crippen LogP contribution in [-0.2, 0) is 16.6 Å². The largest absolute Gasteiger partial charge is 0.369 e. The van der Waals surface area contributed by atoms with E-state index in [2.05, 4.69) is 30.0 Å². The highest BCUT2D eigenvalue weighted by Gasteiger charge is 2.45. The van der Waals surface area contributed by atoms with E-state index in [1.807, 2.05) is 12.1 Å². The van der Waals surface area contributed by atoms with Crippen molar-refractivity contribution in [2.24, 2.45) is 13.0 Å². The van der Waals surface area contributed by atoms with Crippen LogP contribution in [0.5, 0.6) is 0 Å². The van der Waals surface area contributed by atoms with Crippen LogP contribution in [0.3, 0.4) is 0 Å². The summed E-state index contributed by atoms with van der Waals surface area (Å²) in [6.07, 6.45) is 8.23. The lowest BCUT2D eigenvalue weighted by Crippen LogP contribution is -2.54. The predicted octanol–water partition coefficient (Wildman–Crippen LogP) is 4.90. The summed E-state index contributed by atoms with van der Waals surface area (Å²) >= 11 is 0. The molecule has 3 fully saturated rings. The second-order valence-corrected chi connectivity index (χ2v) is 15.0. The lowest BCUT2D eigenvalue weighted by atomic mass is 9.93. The van der Waals surface area contributed by atoms with Gasteiger partial charge in [-0.05, 0) is 80.6 Å². The van der Waals surface area contributed by atoms with E-state index < -0.39 is 41.3 Å². The predicted molar refractivity (Wildman–Crippen MR) is 203 cm³/mol. The first kappa shape index (κ1) is 35.0. The average molecular weight is 747 g/mol. The first-order valence-electron chi connectivity index (χ1n) is 18.9. The van der Waals surface area contributed by atoms with Crippen molar-refractivity contribution in [3.63, 3.8) is 0 Å². The Morgan fingerprint density at radius 3 is 2.35 bits per heavy atom. The van der Waals surface area contributed by atoms with Crippen LogP contribution in [0, 0.1) is 17.6 Å². The summed E-state index contributed by atoms with van der Waals surface area (Å²) in [5.41, 5.74) is 2.90. The molecule has 0 radical (unpaired) electrons.